The molecule has 1 unspecified atom stereocenters. The minimum absolute atomic E-state index is 0.367. The highest BCUT2D eigenvalue weighted by atomic mass is 14.4. The van der Waals surface area contributed by atoms with Crippen molar-refractivity contribution in [3.05, 3.63) is 35.9 Å². The molecular formula is C12H12N2. The Bertz CT molecular complexity index is 379. The Hall–Kier alpha value is -1.80. The van der Waals surface area contributed by atoms with Gasteiger partial charge in [-0.3, -0.25) is 0 Å². The van der Waals surface area contributed by atoms with E-state index in [1.165, 1.54) is 0 Å². The smallest absolute Gasteiger partial charge is 0.0893 e. The molecule has 0 heterocycles. The summed E-state index contributed by atoms with van der Waals surface area (Å²) in [7, 11) is 0. The van der Waals surface area contributed by atoms with E-state index in [0.29, 0.717) is 0 Å². The van der Waals surface area contributed by atoms with Gasteiger partial charge in [0.05, 0.1) is 23.5 Å². The number of benzene rings is 1. The van der Waals surface area contributed by atoms with E-state index in [0.717, 1.165) is 5.56 Å². The average Bonchev–Trinajstić information content (AvgIpc) is 2.20. The highest BCUT2D eigenvalue weighted by Crippen LogP contribution is 2.33. The van der Waals surface area contributed by atoms with Gasteiger partial charge in [-0.05, 0) is 19.4 Å². The van der Waals surface area contributed by atoms with E-state index in [1.807, 2.05) is 30.3 Å². The van der Waals surface area contributed by atoms with Crippen LogP contribution < -0.4 is 0 Å². The van der Waals surface area contributed by atoms with Crippen LogP contribution in [0, 0.1) is 28.1 Å². The maximum Gasteiger partial charge on any atom is 0.0893 e. The van der Waals surface area contributed by atoms with Crippen LogP contribution in [0.25, 0.3) is 0 Å². The van der Waals surface area contributed by atoms with E-state index >= 15 is 0 Å². The fourth-order valence-electron chi connectivity index (χ4n) is 1.36. The predicted octanol–water partition coefficient (Wildman–Crippen LogP) is 2.84. The molecule has 0 fully saturated rings. The second kappa shape index (κ2) is 3.94. The Balaban J connectivity index is 3.09. The second-order valence-electron chi connectivity index (χ2n) is 3.81. The van der Waals surface area contributed by atoms with Crippen LogP contribution in [0.15, 0.2) is 30.3 Å². The molecule has 0 aliphatic carbocycles. The van der Waals surface area contributed by atoms with Crippen molar-refractivity contribution in [2.24, 2.45) is 5.41 Å². The largest absolute Gasteiger partial charge is 0.198 e. The number of rotatable bonds is 2. The summed E-state index contributed by atoms with van der Waals surface area (Å²) < 4.78 is 0. The zero-order chi connectivity index (χ0) is 10.6. The normalized spacial score (nSPS) is 12.6. The average molecular weight is 184 g/mol. The molecule has 1 atom stereocenters. The second-order valence-corrected chi connectivity index (χ2v) is 3.81. The molecular weight excluding hydrogens is 172 g/mol. The van der Waals surface area contributed by atoms with Crippen LogP contribution in [0.2, 0.25) is 0 Å². The number of hydrogen-bond donors (Lipinski definition) is 0. The first kappa shape index (κ1) is 10.3. The molecule has 0 saturated heterocycles. The first-order valence-electron chi connectivity index (χ1n) is 4.47. The molecule has 0 aliphatic rings. The summed E-state index contributed by atoms with van der Waals surface area (Å²) in [6.45, 7) is 3.57. The molecule has 14 heavy (non-hydrogen) atoms. The van der Waals surface area contributed by atoms with Crippen LogP contribution in [-0.2, 0) is 0 Å². The quantitative estimate of drug-likeness (QED) is 0.709. The lowest BCUT2D eigenvalue weighted by atomic mass is 9.77. The van der Waals surface area contributed by atoms with Crippen molar-refractivity contribution in [3.63, 3.8) is 0 Å². The molecule has 0 saturated carbocycles. The molecule has 1 aromatic rings. The van der Waals surface area contributed by atoms with Crippen molar-refractivity contribution >= 4 is 0 Å². The first-order valence-corrected chi connectivity index (χ1v) is 4.47. The van der Waals surface area contributed by atoms with Gasteiger partial charge in [-0.15, -0.1) is 0 Å². The van der Waals surface area contributed by atoms with Gasteiger partial charge in [-0.25, -0.2) is 0 Å². The summed E-state index contributed by atoms with van der Waals surface area (Å²) in [4.78, 5) is 0. The minimum Gasteiger partial charge on any atom is -0.198 e. The SMILES string of the molecule is CC(C)(C#N)C(C#N)c1ccccc1. The monoisotopic (exact) mass is 184 g/mol. The number of hydrogen-bond acceptors (Lipinski definition) is 2. The van der Waals surface area contributed by atoms with Crippen LogP contribution in [0.3, 0.4) is 0 Å². The lowest BCUT2D eigenvalue weighted by Gasteiger charge is -2.21. The summed E-state index contributed by atoms with van der Waals surface area (Å²) in [6, 6.07) is 13.8. The van der Waals surface area contributed by atoms with Gasteiger partial charge in [0, 0.05) is 0 Å². The lowest BCUT2D eigenvalue weighted by Crippen LogP contribution is -2.18. The highest BCUT2D eigenvalue weighted by molar-refractivity contribution is 5.29. The van der Waals surface area contributed by atoms with E-state index in [-0.39, 0.29) is 5.92 Å². The zero-order valence-electron chi connectivity index (χ0n) is 8.36. The molecule has 1 rings (SSSR count). The molecule has 0 bridgehead atoms. The fraction of sp³-hybridized carbons (Fsp3) is 0.333. The third kappa shape index (κ3) is 1.92. The van der Waals surface area contributed by atoms with Gasteiger partial charge in [0.2, 0.25) is 0 Å². The van der Waals surface area contributed by atoms with E-state index in [1.54, 1.807) is 13.8 Å². The Morgan fingerprint density at radius 3 is 2.14 bits per heavy atom. The van der Waals surface area contributed by atoms with Crippen LogP contribution in [-0.4, -0.2) is 0 Å². The van der Waals surface area contributed by atoms with Crippen molar-refractivity contribution in [1.82, 2.24) is 0 Å². The van der Waals surface area contributed by atoms with Gasteiger partial charge in [-0.2, -0.15) is 10.5 Å². The molecule has 70 valence electrons. The van der Waals surface area contributed by atoms with E-state index in [9.17, 15) is 0 Å². The summed E-state index contributed by atoms with van der Waals surface area (Å²) in [5.74, 6) is -0.367. The van der Waals surface area contributed by atoms with Crippen molar-refractivity contribution < 1.29 is 0 Å². The molecule has 0 amide bonds. The van der Waals surface area contributed by atoms with Crippen molar-refractivity contribution in [2.45, 2.75) is 19.8 Å². The maximum absolute atomic E-state index is 9.05. The lowest BCUT2D eigenvalue weighted by molar-refractivity contribution is 0.448. The Morgan fingerprint density at radius 1 is 1.14 bits per heavy atom. The van der Waals surface area contributed by atoms with E-state index in [4.69, 9.17) is 10.5 Å². The third-order valence-electron chi connectivity index (χ3n) is 2.27. The maximum atomic E-state index is 9.05. The van der Waals surface area contributed by atoms with Gasteiger partial charge < -0.3 is 0 Å². The molecule has 0 aromatic heterocycles. The van der Waals surface area contributed by atoms with Gasteiger partial charge in [0.15, 0.2) is 0 Å². The predicted molar refractivity (Wildman–Crippen MR) is 54.2 cm³/mol. The van der Waals surface area contributed by atoms with E-state index in [2.05, 4.69) is 12.1 Å². The third-order valence-corrected chi connectivity index (χ3v) is 2.27. The number of nitrogens with zero attached hydrogens (tertiary/aromatic N) is 2. The molecule has 0 N–H and O–H groups in total. The standard InChI is InChI=1S/C12H12N2/c1-12(2,9-14)11(8-13)10-6-4-3-5-7-10/h3-7,11H,1-2H3. The minimum atomic E-state index is -0.643. The van der Waals surface area contributed by atoms with Crippen LogP contribution in [0.4, 0.5) is 0 Å². The molecule has 0 aliphatic heterocycles. The highest BCUT2D eigenvalue weighted by Gasteiger charge is 2.30. The van der Waals surface area contributed by atoms with E-state index < -0.39 is 5.41 Å². The molecule has 2 nitrogen and oxygen atoms in total. The van der Waals surface area contributed by atoms with Crippen molar-refractivity contribution in [1.29, 1.82) is 10.5 Å². The van der Waals surface area contributed by atoms with Crippen LogP contribution in [0.5, 0.6) is 0 Å². The van der Waals surface area contributed by atoms with Gasteiger partial charge in [-0.1, -0.05) is 30.3 Å². The Morgan fingerprint density at radius 2 is 1.71 bits per heavy atom. The fourth-order valence-corrected chi connectivity index (χ4v) is 1.36. The van der Waals surface area contributed by atoms with Crippen molar-refractivity contribution in [2.75, 3.05) is 0 Å². The van der Waals surface area contributed by atoms with Crippen LogP contribution in [0.1, 0.15) is 25.3 Å². The Kier molecular flexibility index (Phi) is 2.89. The first-order chi connectivity index (χ1) is 6.61. The molecule has 2 heteroatoms. The van der Waals surface area contributed by atoms with Gasteiger partial charge in [0.1, 0.15) is 0 Å². The summed E-state index contributed by atoms with van der Waals surface area (Å²) in [6.07, 6.45) is 0. The summed E-state index contributed by atoms with van der Waals surface area (Å²) >= 11 is 0. The van der Waals surface area contributed by atoms with Gasteiger partial charge >= 0.3 is 0 Å². The molecule has 0 spiro atoms. The zero-order valence-corrected chi connectivity index (χ0v) is 8.36. The molecule has 1 aromatic carbocycles. The topological polar surface area (TPSA) is 47.6 Å². The van der Waals surface area contributed by atoms with Crippen LogP contribution >= 0.6 is 0 Å². The van der Waals surface area contributed by atoms with Crippen molar-refractivity contribution in [3.8, 4) is 12.1 Å². The number of nitriles is 2. The molecule has 0 radical (unpaired) electrons. The van der Waals surface area contributed by atoms with Gasteiger partial charge in [0.25, 0.3) is 0 Å². The Labute approximate surface area is 84.4 Å². The summed E-state index contributed by atoms with van der Waals surface area (Å²) in [5.41, 5.74) is 0.261. The summed E-state index contributed by atoms with van der Waals surface area (Å²) in [5, 5.41) is 18.0.